The third-order valence-electron chi connectivity index (χ3n) is 10.2. The van der Waals surface area contributed by atoms with E-state index in [1.165, 1.54) is 0 Å². The second-order valence-corrected chi connectivity index (χ2v) is 14.0. The van der Waals surface area contributed by atoms with Crippen molar-refractivity contribution in [3.63, 3.8) is 0 Å². The van der Waals surface area contributed by atoms with Gasteiger partial charge in [-0.2, -0.15) is 0 Å². The van der Waals surface area contributed by atoms with Crippen molar-refractivity contribution in [2.45, 2.75) is 148 Å². The third kappa shape index (κ3) is 9.26. The van der Waals surface area contributed by atoms with Crippen LogP contribution in [0.1, 0.15) is 0 Å². The number of aliphatic hydroxyl groups is 14. The molecule has 6 rings (SSSR count). The van der Waals surface area contributed by atoms with E-state index in [9.17, 15) is 71.5 Å². The van der Waals surface area contributed by atoms with Gasteiger partial charge in [0.2, 0.25) is 0 Å². The molecule has 0 bridgehead atoms. The molecule has 0 saturated carbocycles. The second-order valence-electron chi connectivity index (χ2n) is 14.0. The Morgan fingerprint density at radius 3 is 0.709 bits per heavy atom. The summed E-state index contributed by atoms with van der Waals surface area (Å²) in [7, 11) is 0. The average Bonchev–Trinajstić information content (AvgIpc) is 3.93. The Balaban J connectivity index is 0.904. The standard InChI is InChI=1S/C30H50O25/c31-1-7-13(32)20(39)26(51-7)46-3-9-15(34)22(41)28(53-9)48-5-11-17(36)24(43)30(55-11)49-6-12-18(37)23(42)29(54-12)47-4-10-16(35)21(40)27(52-10)45-2-8-14(33)19(38)25(44)50-8/h7-44H,1-6H2/t7-,8-,9-,10-,11-,12-,13-,14-,15-,16-,17-,18-,19+,20+,21+,22+,23+,24+,25+,26+,27+,28+,29+,30+/m0/s1. The molecule has 320 valence electrons. The Morgan fingerprint density at radius 1 is 0.273 bits per heavy atom. The first-order valence-electron chi connectivity index (χ1n) is 17.6. The number of aliphatic hydroxyl groups excluding tert-OH is 14. The normalized spacial score (nSPS) is 52.9. The van der Waals surface area contributed by atoms with Gasteiger partial charge in [-0.05, 0) is 0 Å². The number of hydrogen-bond donors (Lipinski definition) is 14. The van der Waals surface area contributed by atoms with Crippen LogP contribution in [0.3, 0.4) is 0 Å². The highest BCUT2D eigenvalue weighted by Crippen LogP contribution is 2.31. The van der Waals surface area contributed by atoms with Crippen LogP contribution in [0.2, 0.25) is 0 Å². The Labute approximate surface area is 311 Å². The summed E-state index contributed by atoms with van der Waals surface area (Å²) in [6, 6.07) is 0. The van der Waals surface area contributed by atoms with E-state index < -0.39 is 187 Å². The fraction of sp³-hybridized carbons (Fsp3) is 1.00. The largest absolute Gasteiger partial charge is 0.394 e. The number of ether oxygens (including phenoxy) is 11. The van der Waals surface area contributed by atoms with Gasteiger partial charge in [0.05, 0.1) is 39.6 Å². The van der Waals surface area contributed by atoms with Gasteiger partial charge in [0.25, 0.3) is 0 Å². The molecule has 24 atom stereocenters. The lowest BCUT2D eigenvalue weighted by molar-refractivity contribution is -0.229. The zero-order valence-electron chi connectivity index (χ0n) is 28.9. The maximum Gasteiger partial charge on any atom is 0.186 e. The molecule has 6 aliphatic heterocycles. The van der Waals surface area contributed by atoms with Gasteiger partial charge in [-0.3, -0.25) is 0 Å². The molecule has 6 aliphatic rings. The van der Waals surface area contributed by atoms with Crippen molar-refractivity contribution in [3.05, 3.63) is 0 Å². The summed E-state index contributed by atoms with van der Waals surface area (Å²) in [6.45, 7) is -2.88. The lowest BCUT2D eigenvalue weighted by atomic mass is 10.1. The molecular formula is C30H50O25. The minimum Gasteiger partial charge on any atom is -0.394 e. The number of hydrogen-bond acceptors (Lipinski definition) is 25. The molecule has 0 radical (unpaired) electrons. The fourth-order valence-corrected chi connectivity index (χ4v) is 6.78. The van der Waals surface area contributed by atoms with Gasteiger partial charge in [-0.25, -0.2) is 0 Å². The predicted molar refractivity (Wildman–Crippen MR) is 163 cm³/mol. The smallest absolute Gasteiger partial charge is 0.186 e. The maximum absolute atomic E-state index is 10.5. The van der Waals surface area contributed by atoms with E-state index >= 15 is 0 Å². The summed E-state index contributed by atoms with van der Waals surface area (Å²) in [4.78, 5) is 0. The lowest BCUT2D eigenvalue weighted by Crippen LogP contribution is -2.39. The first-order valence-corrected chi connectivity index (χ1v) is 17.6. The highest BCUT2D eigenvalue weighted by molar-refractivity contribution is 4.93. The van der Waals surface area contributed by atoms with Crippen LogP contribution in [-0.4, -0.2) is 259 Å². The molecule has 0 unspecified atom stereocenters. The Bertz CT molecular complexity index is 1210. The van der Waals surface area contributed by atoms with Crippen LogP contribution in [0.15, 0.2) is 0 Å². The summed E-state index contributed by atoms with van der Waals surface area (Å²) >= 11 is 0. The fourth-order valence-electron chi connectivity index (χ4n) is 6.78. The van der Waals surface area contributed by atoms with Crippen molar-refractivity contribution in [3.8, 4) is 0 Å². The van der Waals surface area contributed by atoms with Crippen molar-refractivity contribution in [2.75, 3.05) is 39.6 Å². The van der Waals surface area contributed by atoms with Crippen LogP contribution in [0.4, 0.5) is 0 Å². The average molecular weight is 811 g/mol. The van der Waals surface area contributed by atoms with Crippen molar-refractivity contribution >= 4 is 0 Å². The van der Waals surface area contributed by atoms with Gasteiger partial charge in [-0.15, -0.1) is 0 Å². The highest BCUT2D eigenvalue weighted by atomic mass is 16.8. The third-order valence-corrected chi connectivity index (χ3v) is 10.2. The minimum atomic E-state index is -1.64. The zero-order valence-corrected chi connectivity index (χ0v) is 28.9. The summed E-state index contributed by atoms with van der Waals surface area (Å²) in [5.74, 6) is 0. The van der Waals surface area contributed by atoms with E-state index in [1.807, 2.05) is 0 Å². The maximum atomic E-state index is 10.5. The Morgan fingerprint density at radius 2 is 0.491 bits per heavy atom. The first-order chi connectivity index (χ1) is 26.1. The SMILES string of the molecule is OC[C@@H]1O[C@@H](OC[C@@H]2O[C@@H](OC[C@@H]3O[C@@H](OC[C@@H]4O[C@@H](OC[C@@H]5O[C@@H](OC[C@@H]6O[C@@H](O)[C@H](O)[C@H]6O)[C@H](O)[C@H]5O)[C@H](O)[C@H]4O)[C@H](O)[C@H]3O)[C@H](O)[C@H]2O)[C@H](O)[C@H]1O. The summed E-state index contributed by atoms with van der Waals surface area (Å²) < 4.78 is 59.3. The molecule has 14 N–H and O–H groups in total. The topological polar surface area (TPSA) is 385 Å². The summed E-state index contributed by atoms with van der Waals surface area (Å²) in [5, 5.41) is 142. The molecule has 25 heteroatoms. The van der Waals surface area contributed by atoms with Gasteiger partial charge >= 0.3 is 0 Å². The van der Waals surface area contributed by atoms with E-state index in [2.05, 4.69) is 0 Å². The molecule has 6 fully saturated rings. The molecule has 6 saturated heterocycles. The molecule has 0 aromatic rings. The van der Waals surface area contributed by atoms with Crippen LogP contribution in [0.5, 0.6) is 0 Å². The van der Waals surface area contributed by atoms with Gasteiger partial charge in [0, 0.05) is 0 Å². The highest BCUT2D eigenvalue weighted by Gasteiger charge is 2.51. The minimum absolute atomic E-state index is 0.421. The lowest BCUT2D eigenvalue weighted by Gasteiger charge is -2.21. The van der Waals surface area contributed by atoms with E-state index in [-0.39, 0.29) is 0 Å². The van der Waals surface area contributed by atoms with Crippen LogP contribution in [0.25, 0.3) is 0 Å². The molecule has 0 aromatic heterocycles. The van der Waals surface area contributed by atoms with Crippen LogP contribution in [0, 0.1) is 0 Å². The number of rotatable bonds is 16. The van der Waals surface area contributed by atoms with Crippen LogP contribution >= 0.6 is 0 Å². The van der Waals surface area contributed by atoms with Crippen LogP contribution < -0.4 is 0 Å². The zero-order chi connectivity index (χ0) is 39.9. The monoisotopic (exact) mass is 810 g/mol. The van der Waals surface area contributed by atoms with Gasteiger partial charge in [0.15, 0.2) is 37.7 Å². The molecule has 0 amide bonds. The quantitative estimate of drug-likeness (QED) is 0.0688. The van der Waals surface area contributed by atoms with Crippen molar-refractivity contribution in [2.24, 2.45) is 0 Å². The van der Waals surface area contributed by atoms with Crippen LogP contribution in [-0.2, 0) is 52.1 Å². The first kappa shape index (κ1) is 43.6. The molecule has 0 aliphatic carbocycles. The van der Waals surface area contributed by atoms with E-state index in [0.717, 1.165) is 0 Å². The van der Waals surface area contributed by atoms with Gasteiger partial charge in [-0.1, -0.05) is 0 Å². The molecular weight excluding hydrogens is 760 g/mol. The summed E-state index contributed by atoms with van der Waals surface area (Å²) in [5.41, 5.74) is 0. The Kier molecular flexibility index (Phi) is 14.7. The molecule has 0 spiro atoms. The van der Waals surface area contributed by atoms with E-state index in [0.29, 0.717) is 0 Å². The molecule has 25 nitrogen and oxygen atoms in total. The van der Waals surface area contributed by atoms with Crippen molar-refractivity contribution < 1.29 is 124 Å². The van der Waals surface area contributed by atoms with E-state index in [1.54, 1.807) is 0 Å². The van der Waals surface area contributed by atoms with Gasteiger partial charge < -0.3 is 124 Å². The van der Waals surface area contributed by atoms with Crippen molar-refractivity contribution in [1.29, 1.82) is 0 Å². The second kappa shape index (κ2) is 18.5. The summed E-state index contributed by atoms with van der Waals surface area (Å²) in [6.07, 6.45) is -34.6. The predicted octanol–water partition coefficient (Wildman–Crippen LogP) is -10.3. The van der Waals surface area contributed by atoms with Gasteiger partial charge in [0.1, 0.15) is 110 Å². The van der Waals surface area contributed by atoms with E-state index in [4.69, 9.17) is 52.1 Å². The van der Waals surface area contributed by atoms with Crippen molar-refractivity contribution in [1.82, 2.24) is 0 Å². The Hall–Kier alpha value is -1.00. The molecule has 55 heavy (non-hydrogen) atoms. The molecule has 6 heterocycles. The molecule has 0 aromatic carbocycles.